The summed E-state index contributed by atoms with van der Waals surface area (Å²) in [6, 6.07) is 27.0. The van der Waals surface area contributed by atoms with Gasteiger partial charge in [0.1, 0.15) is 11.9 Å². The number of ether oxygens (including phenoxy) is 3. The van der Waals surface area contributed by atoms with Crippen molar-refractivity contribution < 1.29 is 26.8 Å². The summed E-state index contributed by atoms with van der Waals surface area (Å²) in [5, 5.41) is 0. The highest BCUT2D eigenvalue weighted by atomic mass is 32.2. The lowest BCUT2D eigenvalue weighted by atomic mass is 10.0. The monoisotopic (exact) mass is 612 g/mol. The van der Waals surface area contributed by atoms with E-state index in [0.29, 0.717) is 13.2 Å². The van der Waals surface area contributed by atoms with Gasteiger partial charge in [-0.25, -0.2) is 4.98 Å². The molecule has 1 fully saturated rings. The van der Waals surface area contributed by atoms with E-state index < -0.39 is 22.5 Å². The van der Waals surface area contributed by atoms with Gasteiger partial charge in [0.2, 0.25) is 0 Å². The van der Waals surface area contributed by atoms with Crippen LogP contribution >= 0.6 is 0 Å². The lowest BCUT2D eigenvalue weighted by molar-refractivity contribution is -0.195. The molecule has 3 aromatic rings. The van der Waals surface area contributed by atoms with Crippen molar-refractivity contribution in [3.63, 3.8) is 0 Å². The highest BCUT2D eigenvalue weighted by Crippen LogP contribution is 2.31. The zero-order chi connectivity index (χ0) is 30.5. The van der Waals surface area contributed by atoms with Crippen molar-refractivity contribution in [2.24, 2.45) is 0 Å². The molecule has 9 heteroatoms. The SMILES string of the molecule is COc1ccc(-c2ccc(-c3cc4ccn(CC(COS(=O)(=O)c5ccc(C)cc5)OC5CCCCO5)cc-4n3)cc2)cc1. The fourth-order valence-corrected chi connectivity index (χ4v) is 6.22. The summed E-state index contributed by atoms with van der Waals surface area (Å²) in [4.78, 5) is 5.01. The standard InChI is InChI=1S/C35H36N2O6S/c1-25-6-16-32(17-7-25)44(38,39)42-24-31(43-35-5-3-4-20-41-35)22-37-19-18-29-21-33(36-34(29)23-37)28-10-8-26(9-11-28)27-12-14-30(40-2)15-13-27/h6-19,21,23,31,35H,3-5,20,22,24H2,1-2H3. The van der Waals surface area contributed by atoms with Crippen molar-refractivity contribution in [3.05, 3.63) is 103 Å². The molecule has 1 saturated heterocycles. The quantitative estimate of drug-likeness (QED) is 0.149. The Morgan fingerprint density at radius 1 is 0.886 bits per heavy atom. The highest BCUT2D eigenvalue weighted by molar-refractivity contribution is 7.86. The van der Waals surface area contributed by atoms with Gasteiger partial charge in [-0.05, 0) is 73.7 Å². The Labute approximate surface area is 258 Å². The highest BCUT2D eigenvalue weighted by Gasteiger charge is 2.24. The molecule has 228 valence electrons. The average Bonchev–Trinajstić information content (AvgIpc) is 3.48. The second-order valence-corrected chi connectivity index (χ2v) is 12.7. The number of hydrogen-bond acceptors (Lipinski definition) is 7. The molecule has 0 spiro atoms. The predicted molar refractivity (Wildman–Crippen MR) is 169 cm³/mol. The second-order valence-electron chi connectivity index (χ2n) is 11.0. The van der Waals surface area contributed by atoms with Gasteiger partial charge in [-0.3, -0.25) is 4.18 Å². The molecule has 0 aliphatic carbocycles. The molecule has 6 rings (SSSR count). The van der Waals surface area contributed by atoms with Crippen LogP contribution in [-0.2, 0) is 30.3 Å². The molecule has 0 amide bonds. The van der Waals surface area contributed by atoms with Gasteiger partial charge in [0.25, 0.3) is 10.1 Å². The number of aryl methyl sites for hydroxylation is 1. The van der Waals surface area contributed by atoms with Crippen molar-refractivity contribution in [2.45, 2.75) is 50.0 Å². The summed E-state index contributed by atoms with van der Waals surface area (Å²) in [5.74, 6) is 0.829. The van der Waals surface area contributed by atoms with Crippen LogP contribution in [0, 0.1) is 6.92 Å². The molecule has 3 heterocycles. The Morgan fingerprint density at radius 3 is 2.27 bits per heavy atom. The van der Waals surface area contributed by atoms with Gasteiger partial charge in [0.15, 0.2) is 6.29 Å². The van der Waals surface area contributed by atoms with E-state index >= 15 is 0 Å². The number of nitrogens with zero attached hydrogens (tertiary/aromatic N) is 2. The van der Waals surface area contributed by atoms with E-state index in [1.54, 1.807) is 31.4 Å². The largest absolute Gasteiger partial charge is 0.497 e. The van der Waals surface area contributed by atoms with Gasteiger partial charge in [-0.15, -0.1) is 0 Å². The second kappa shape index (κ2) is 13.3. The van der Waals surface area contributed by atoms with E-state index in [1.807, 2.05) is 54.2 Å². The lowest BCUT2D eigenvalue weighted by Gasteiger charge is -2.28. The van der Waals surface area contributed by atoms with Crippen molar-refractivity contribution in [1.29, 1.82) is 0 Å². The van der Waals surface area contributed by atoms with E-state index in [0.717, 1.165) is 64.2 Å². The van der Waals surface area contributed by atoms with Gasteiger partial charge in [0.05, 0.1) is 36.5 Å². The smallest absolute Gasteiger partial charge is 0.297 e. The van der Waals surface area contributed by atoms with Crippen LogP contribution in [0.1, 0.15) is 24.8 Å². The third-order valence-electron chi connectivity index (χ3n) is 7.78. The van der Waals surface area contributed by atoms with E-state index in [9.17, 15) is 8.42 Å². The topological polar surface area (TPSA) is 88.9 Å². The van der Waals surface area contributed by atoms with Crippen molar-refractivity contribution in [2.75, 3.05) is 20.3 Å². The summed E-state index contributed by atoms with van der Waals surface area (Å²) < 4.78 is 50.5. The van der Waals surface area contributed by atoms with Gasteiger partial charge in [0, 0.05) is 30.1 Å². The zero-order valence-corrected chi connectivity index (χ0v) is 25.7. The van der Waals surface area contributed by atoms with Crippen LogP contribution in [0.25, 0.3) is 33.6 Å². The minimum atomic E-state index is -3.94. The van der Waals surface area contributed by atoms with Gasteiger partial charge in [-0.2, -0.15) is 8.42 Å². The van der Waals surface area contributed by atoms with Crippen LogP contribution in [0.2, 0.25) is 0 Å². The minimum absolute atomic E-state index is 0.121. The number of fused-ring (bicyclic) bond motifs is 1. The molecule has 0 aromatic heterocycles. The normalized spacial score (nSPS) is 16.2. The fraction of sp³-hybridized carbons (Fsp3) is 0.286. The van der Waals surface area contributed by atoms with Crippen LogP contribution < -0.4 is 4.74 Å². The molecule has 3 aliphatic rings. The molecular weight excluding hydrogens is 576 g/mol. The number of benzene rings is 3. The third kappa shape index (κ3) is 7.19. The first-order valence-electron chi connectivity index (χ1n) is 14.8. The molecule has 44 heavy (non-hydrogen) atoms. The molecule has 0 bridgehead atoms. The number of pyridine rings is 1. The van der Waals surface area contributed by atoms with Gasteiger partial charge >= 0.3 is 0 Å². The van der Waals surface area contributed by atoms with Crippen LogP contribution in [0.5, 0.6) is 5.75 Å². The predicted octanol–water partition coefficient (Wildman–Crippen LogP) is 6.96. The molecule has 2 unspecified atom stereocenters. The average molecular weight is 613 g/mol. The van der Waals surface area contributed by atoms with Crippen LogP contribution in [0.3, 0.4) is 0 Å². The molecule has 3 aromatic carbocycles. The maximum absolute atomic E-state index is 12.9. The van der Waals surface area contributed by atoms with E-state index in [-0.39, 0.29) is 11.5 Å². The molecule has 0 saturated carbocycles. The first-order chi connectivity index (χ1) is 21.4. The Kier molecular flexibility index (Phi) is 9.09. The first kappa shape index (κ1) is 30.0. The maximum Gasteiger partial charge on any atom is 0.297 e. The molecular formula is C35H36N2O6S. The van der Waals surface area contributed by atoms with Crippen LogP contribution in [0.15, 0.2) is 102 Å². The molecule has 2 atom stereocenters. The number of rotatable bonds is 11. The third-order valence-corrected chi connectivity index (χ3v) is 9.08. The summed E-state index contributed by atoms with van der Waals surface area (Å²) in [6.07, 6.45) is 5.71. The lowest BCUT2D eigenvalue weighted by Crippen LogP contribution is -2.34. The number of aromatic nitrogens is 2. The Morgan fingerprint density at radius 2 is 1.59 bits per heavy atom. The maximum atomic E-state index is 12.9. The molecule has 8 nitrogen and oxygen atoms in total. The number of methoxy groups -OCH3 is 1. The van der Waals surface area contributed by atoms with E-state index in [1.165, 1.54) is 0 Å². The Bertz CT molecular complexity index is 1740. The Hall–Kier alpha value is -4.02. The van der Waals surface area contributed by atoms with Gasteiger partial charge < -0.3 is 18.8 Å². The summed E-state index contributed by atoms with van der Waals surface area (Å²) in [5.41, 5.74) is 6.96. The summed E-state index contributed by atoms with van der Waals surface area (Å²) >= 11 is 0. The van der Waals surface area contributed by atoms with Gasteiger partial charge in [-0.1, -0.05) is 54.1 Å². The van der Waals surface area contributed by atoms with Crippen LogP contribution in [-0.4, -0.2) is 50.7 Å². The molecule has 0 N–H and O–H groups in total. The Balaban J connectivity index is 1.18. The molecule has 3 aliphatic heterocycles. The van der Waals surface area contributed by atoms with Crippen molar-refractivity contribution in [3.8, 4) is 39.4 Å². The minimum Gasteiger partial charge on any atom is -0.497 e. The first-order valence-corrected chi connectivity index (χ1v) is 16.2. The molecule has 0 radical (unpaired) electrons. The van der Waals surface area contributed by atoms with Crippen LogP contribution in [0.4, 0.5) is 0 Å². The summed E-state index contributed by atoms with van der Waals surface area (Å²) in [6.45, 7) is 2.77. The zero-order valence-electron chi connectivity index (χ0n) is 24.9. The summed E-state index contributed by atoms with van der Waals surface area (Å²) in [7, 11) is -2.28. The van der Waals surface area contributed by atoms with E-state index in [4.69, 9.17) is 23.4 Å². The van der Waals surface area contributed by atoms with Crippen molar-refractivity contribution in [1.82, 2.24) is 9.55 Å². The fourth-order valence-electron chi connectivity index (χ4n) is 5.28. The van der Waals surface area contributed by atoms with E-state index in [2.05, 4.69) is 30.3 Å². The van der Waals surface area contributed by atoms with Crippen molar-refractivity contribution >= 4 is 10.1 Å². The number of hydrogen-bond donors (Lipinski definition) is 0.